The second-order valence-corrected chi connectivity index (χ2v) is 24.5. The third kappa shape index (κ3) is 4.09. The summed E-state index contributed by atoms with van der Waals surface area (Å²) >= 11 is -1.63. The molecule has 0 saturated heterocycles. The maximum absolute atomic E-state index is 2.55. The fourth-order valence-electron chi connectivity index (χ4n) is 3.94. The van der Waals surface area contributed by atoms with Gasteiger partial charge in [0.05, 0.1) is 0 Å². The van der Waals surface area contributed by atoms with Crippen molar-refractivity contribution in [1.82, 2.24) is 0 Å². The average Bonchev–Trinajstić information content (AvgIpc) is 3.26. The molecule has 0 aliphatic heterocycles. The van der Waals surface area contributed by atoms with Crippen LogP contribution in [0.3, 0.4) is 0 Å². The molecule has 0 aromatic heterocycles. The first-order valence-electron chi connectivity index (χ1n) is 8.65. The molecule has 0 fully saturated rings. The molecule has 0 saturated carbocycles. The first-order chi connectivity index (χ1) is 11.8. The van der Waals surface area contributed by atoms with Crippen LogP contribution in [0.1, 0.15) is 21.2 Å². The van der Waals surface area contributed by atoms with E-state index in [2.05, 4.69) is 92.0 Å². The molecule has 0 bridgehead atoms. The Balaban J connectivity index is 0.00000121. The Bertz CT molecular complexity index is 907. The number of benzene rings is 2. The van der Waals surface area contributed by atoms with Crippen molar-refractivity contribution in [3.63, 3.8) is 0 Å². The van der Waals surface area contributed by atoms with Crippen LogP contribution in [0.25, 0.3) is 17.2 Å². The summed E-state index contributed by atoms with van der Waals surface area (Å²) in [5.74, 6) is 0. The minimum atomic E-state index is -1.63. The molecule has 1 unspecified atom stereocenters. The van der Waals surface area contributed by atoms with E-state index in [0.717, 1.165) is 3.63 Å². The Kier molecular flexibility index (Phi) is 7.91. The largest absolute Gasteiger partial charge is 1.00 e. The summed E-state index contributed by atoms with van der Waals surface area (Å²) < 4.78 is 2.56. The fourth-order valence-corrected chi connectivity index (χ4v) is 21.7. The molecular formula is C22H22Cl2SiZr. The van der Waals surface area contributed by atoms with E-state index >= 15 is 0 Å². The Morgan fingerprint density at radius 1 is 0.962 bits per heavy atom. The van der Waals surface area contributed by atoms with Gasteiger partial charge in [-0.25, -0.2) is 0 Å². The molecule has 2 aromatic carbocycles. The van der Waals surface area contributed by atoms with Crippen LogP contribution in [0, 0.1) is 0 Å². The van der Waals surface area contributed by atoms with E-state index in [-0.39, 0.29) is 30.2 Å². The van der Waals surface area contributed by atoms with Crippen molar-refractivity contribution in [2.24, 2.45) is 0 Å². The molecule has 0 heterocycles. The predicted molar refractivity (Wildman–Crippen MR) is 103 cm³/mol. The first-order valence-corrected chi connectivity index (χ1v) is 17.5. The molecule has 2 aliphatic rings. The molecule has 4 heteroatoms. The van der Waals surface area contributed by atoms with Crippen LogP contribution >= 0.6 is 0 Å². The number of hydrogen-bond donors (Lipinski definition) is 0. The smallest absolute Gasteiger partial charge is 1.00 e. The molecule has 2 aromatic rings. The number of hydrogen-bond acceptors (Lipinski definition) is 0. The van der Waals surface area contributed by atoms with Crippen molar-refractivity contribution in [3.8, 4) is 11.1 Å². The van der Waals surface area contributed by atoms with Crippen LogP contribution in [0.4, 0.5) is 0 Å². The van der Waals surface area contributed by atoms with Crippen molar-refractivity contribution < 1.29 is 45.2 Å². The van der Waals surface area contributed by atoms with Gasteiger partial charge in [0.25, 0.3) is 0 Å². The molecule has 4 rings (SSSR count). The summed E-state index contributed by atoms with van der Waals surface area (Å²) in [6, 6.07) is 17.8. The van der Waals surface area contributed by atoms with Crippen LogP contribution in [0.15, 0.2) is 76.1 Å². The van der Waals surface area contributed by atoms with Gasteiger partial charge in [-0.3, -0.25) is 0 Å². The molecule has 0 N–H and O–H groups in total. The Labute approximate surface area is 177 Å². The average molecular weight is 477 g/mol. The van der Waals surface area contributed by atoms with Gasteiger partial charge >= 0.3 is 153 Å². The van der Waals surface area contributed by atoms with Crippen LogP contribution < -0.4 is 24.8 Å². The maximum atomic E-state index is 2.55. The van der Waals surface area contributed by atoms with E-state index in [1.807, 2.05) is 3.28 Å². The number of halogens is 2. The summed E-state index contributed by atoms with van der Waals surface area (Å²) in [6.07, 6.45) is 13.3. The quantitative estimate of drug-likeness (QED) is 0.553. The molecule has 0 amide bonds. The van der Waals surface area contributed by atoms with Gasteiger partial charge in [0.15, 0.2) is 0 Å². The molecular weight excluding hydrogens is 454 g/mol. The first kappa shape index (κ1) is 21.6. The fraction of sp³-hybridized carbons (Fsp3) is 0.182. The van der Waals surface area contributed by atoms with Gasteiger partial charge in [0, 0.05) is 0 Å². The van der Waals surface area contributed by atoms with Gasteiger partial charge in [-0.1, -0.05) is 0 Å². The monoisotopic (exact) mass is 474 g/mol. The molecule has 2 aliphatic carbocycles. The third-order valence-electron chi connectivity index (χ3n) is 4.98. The van der Waals surface area contributed by atoms with Crippen LogP contribution in [-0.2, 0) is 20.4 Å². The van der Waals surface area contributed by atoms with Crippen LogP contribution in [0.2, 0.25) is 13.1 Å². The van der Waals surface area contributed by atoms with E-state index in [1.165, 1.54) is 23.1 Å². The molecule has 0 nitrogen and oxygen atoms in total. The molecule has 26 heavy (non-hydrogen) atoms. The number of fused-ring (bicyclic) bond motifs is 1. The number of allylic oxidation sites excluding steroid dienone is 5. The van der Waals surface area contributed by atoms with Crippen molar-refractivity contribution in [1.29, 1.82) is 0 Å². The Hall–Kier alpha value is -0.660. The molecule has 0 radical (unpaired) electrons. The zero-order chi connectivity index (χ0) is 16.5. The van der Waals surface area contributed by atoms with Crippen molar-refractivity contribution in [2.45, 2.75) is 23.1 Å². The third-order valence-corrected chi connectivity index (χ3v) is 23.1. The molecule has 1 atom stereocenters. The van der Waals surface area contributed by atoms with Gasteiger partial charge in [-0.15, -0.1) is 0 Å². The minimum Gasteiger partial charge on any atom is -1.00 e. The second kappa shape index (κ2) is 9.51. The van der Waals surface area contributed by atoms with Gasteiger partial charge in [0.1, 0.15) is 0 Å². The van der Waals surface area contributed by atoms with E-state index in [0.29, 0.717) is 0 Å². The zero-order valence-corrected chi connectivity index (χ0v) is 20.0. The molecule has 132 valence electrons. The second-order valence-electron chi connectivity index (χ2n) is 6.75. The zero-order valence-electron chi connectivity index (χ0n) is 15.0. The number of rotatable bonds is 3. The summed E-state index contributed by atoms with van der Waals surface area (Å²) in [5, 5.41) is 0. The van der Waals surface area contributed by atoms with E-state index in [9.17, 15) is 0 Å². The van der Waals surface area contributed by atoms with Crippen molar-refractivity contribution in [3.05, 3.63) is 87.2 Å². The van der Waals surface area contributed by atoms with E-state index < -0.39 is 20.4 Å². The minimum absolute atomic E-state index is 0. The van der Waals surface area contributed by atoms with Gasteiger partial charge < -0.3 is 24.8 Å². The topological polar surface area (TPSA) is 0 Å². The van der Waals surface area contributed by atoms with Gasteiger partial charge in [0.2, 0.25) is 0 Å². The van der Waals surface area contributed by atoms with Crippen LogP contribution in [0.5, 0.6) is 0 Å². The summed E-state index contributed by atoms with van der Waals surface area (Å²) in [5.41, 5.74) is 5.59. The maximum Gasteiger partial charge on any atom is -1.00 e. The Morgan fingerprint density at radius 2 is 1.73 bits per heavy atom. The van der Waals surface area contributed by atoms with E-state index in [1.54, 1.807) is 5.56 Å². The predicted octanol–water partition coefficient (Wildman–Crippen LogP) is 0.143. The normalized spacial score (nSPS) is 16.0. The van der Waals surface area contributed by atoms with E-state index in [4.69, 9.17) is 0 Å². The van der Waals surface area contributed by atoms with Crippen molar-refractivity contribution >= 4 is 11.5 Å². The molecule has 0 spiro atoms. The standard InChI is InChI=1S/C15H11.C5H5.C2H6Si.2ClH.Zr/c1-2-6-12(7-3-1)14-10-4-8-13-9-5-11-15(13)14;1-2-4-5-3-1;1-3-2;;;/h1-11H;1-3H,4H2;1-2H3;2*1H;/q;;;;;+2/p-2. The summed E-state index contributed by atoms with van der Waals surface area (Å²) in [6.45, 7) is 5.09. The van der Waals surface area contributed by atoms with Crippen LogP contribution in [-0.4, -0.2) is 5.43 Å². The summed E-state index contributed by atoms with van der Waals surface area (Å²) in [7, 11) is 0. The van der Waals surface area contributed by atoms with Crippen molar-refractivity contribution in [2.75, 3.05) is 0 Å². The summed E-state index contributed by atoms with van der Waals surface area (Å²) in [4.78, 5) is 0. The Morgan fingerprint density at radius 3 is 2.38 bits per heavy atom. The van der Waals surface area contributed by atoms with Gasteiger partial charge in [-0.05, 0) is 0 Å². The van der Waals surface area contributed by atoms with Gasteiger partial charge in [-0.2, -0.15) is 0 Å². The SMILES string of the molecule is C[Si](C)=[Zr+2]([C]1=CC=CC1)[CH]1C=Cc2c(-c3ccccc3)cccc21.[Cl-].[Cl-].